The summed E-state index contributed by atoms with van der Waals surface area (Å²) in [5.41, 5.74) is 3.86. The lowest BCUT2D eigenvalue weighted by molar-refractivity contribution is 0.0950. The molecule has 0 atom stereocenters. The highest BCUT2D eigenvalue weighted by Gasteiger charge is 2.11. The molecule has 98 valence electrons. The molecule has 2 aromatic rings. The molecule has 0 spiro atoms. The van der Waals surface area contributed by atoms with Crippen LogP contribution in [0.1, 0.15) is 27.0 Å². The molecule has 1 aromatic heterocycles. The summed E-state index contributed by atoms with van der Waals surface area (Å²) in [6, 6.07) is 7.58. The lowest BCUT2D eigenvalue weighted by Gasteiger charge is -2.09. The molecule has 0 fully saturated rings. The molecule has 19 heavy (non-hydrogen) atoms. The first-order valence-corrected chi connectivity index (χ1v) is 6.81. The third-order valence-electron chi connectivity index (χ3n) is 3.01. The second-order valence-electron chi connectivity index (χ2n) is 4.42. The van der Waals surface area contributed by atoms with Gasteiger partial charge in [0.25, 0.3) is 5.91 Å². The first-order chi connectivity index (χ1) is 9.09. The van der Waals surface area contributed by atoms with Crippen LogP contribution in [0.4, 0.5) is 0 Å². The van der Waals surface area contributed by atoms with Gasteiger partial charge < -0.3 is 5.32 Å². The van der Waals surface area contributed by atoms with Crippen molar-refractivity contribution >= 4 is 21.8 Å². The summed E-state index contributed by atoms with van der Waals surface area (Å²) >= 11 is 3.45. The molecule has 0 unspecified atom stereocenters. The zero-order chi connectivity index (χ0) is 13.8. The van der Waals surface area contributed by atoms with Gasteiger partial charge in [-0.05, 0) is 58.6 Å². The Balaban J connectivity index is 2.10. The van der Waals surface area contributed by atoms with Crippen molar-refractivity contribution in [3.05, 3.63) is 63.4 Å². The van der Waals surface area contributed by atoms with Crippen LogP contribution in [0, 0.1) is 13.8 Å². The van der Waals surface area contributed by atoms with Gasteiger partial charge in [-0.1, -0.05) is 12.1 Å². The van der Waals surface area contributed by atoms with Crippen LogP contribution >= 0.6 is 15.9 Å². The van der Waals surface area contributed by atoms with E-state index >= 15 is 0 Å². The molecule has 3 nitrogen and oxygen atoms in total. The van der Waals surface area contributed by atoms with E-state index in [4.69, 9.17) is 0 Å². The molecule has 4 heteroatoms. The lowest BCUT2D eigenvalue weighted by Crippen LogP contribution is -2.23. The quantitative estimate of drug-likeness (QED) is 0.942. The normalized spacial score (nSPS) is 10.3. The molecule has 1 aromatic carbocycles. The first-order valence-electron chi connectivity index (χ1n) is 6.02. The predicted molar refractivity (Wildman–Crippen MR) is 79.0 cm³/mol. The van der Waals surface area contributed by atoms with Crippen molar-refractivity contribution in [3.63, 3.8) is 0 Å². The Kier molecular flexibility index (Phi) is 4.32. The first kappa shape index (κ1) is 13.7. The van der Waals surface area contributed by atoms with Crippen LogP contribution in [0.3, 0.4) is 0 Å². The summed E-state index contributed by atoms with van der Waals surface area (Å²) in [5, 5.41) is 2.93. The maximum atomic E-state index is 12.1. The number of amides is 1. The van der Waals surface area contributed by atoms with E-state index in [2.05, 4.69) is 26.2 Å². The monoisotopic (exact) mass is 318 g/mol. The minimum atomic E-state index is -0.0770. The van der Waals surface area contributed by atoms with Crippen LogP contribution in [-0.4, -0.2) is 10.9 Å². The van der Waals surface area contributed by atoms with Gasteiger partial charge in [0.2, 0.25) is 0 Å². The van der Waals surface area contributed by atoms with E-state index in [-0.39, 0.29) is 5.91 Å². The van der Waals surface area contributed by atoms with Crippen molar-refractivity contribution < 1.29 is 4.79 Å². The number of hydrogen-bond donors (Lipinski definition) is 1. The number of rotatable bonds is 3. The third-order valence-corrected chi connectivity index (χ3v) is 4.06. The van der Waals surface area contributed by atoms with E-state index in [1.165, 1.54) is 0 Å². The molecule has 1 N–H and O–H groups in total. The van der Waals surface area contributed by atoms with Gasteiger partial charge in [-0.15, -0.1) is 0 Å². The molecule has 0 saturated carbocycles. The number of carbonyl (C=O) groups excluding carboxylic acids is 1. The van der Waals surface area contributed by atoms with E-state index in [0.29, 0.717) is 12.1 Å². The largest absolute Gasteiger partial charge is 0.348 e. The van der Waals surface area contributed by atoms with Crippen molar-refractivity contribution in [2.24, 2.45) is 0 Å². The molecule has 0 aliphatic rings. The van der Waals surface area contributed by atoms with Crippen LogP contribution in [0.2, 0.25) is 0 Å². The molecule has 0 saturated heterocycles. The minimum Gasteiger partial charge on any atom is -0.348 e. The van der Waals surface area contributed by atoms with Crippen molar-refractivity contribution in [3.8, 4) is 0 Å². The smallest absolute Gasteiger partial charge is 0.252 e. The van der Waals surface area contributed by atoms with Gasteiger partial charge in [-0.25, -0.2) is 0 Å². The van der Waals surface area contributed by atoms with E-state index in [9.17, 15) is 4.79 Å². The van der Waals surface area contributed by atoms with Gasteiger partial charge in [0, 0.05) is 23.4 Å². The Morgan fingerprint density at radius 3 is 2.79 bits per heavy atom. The summed E-state index contributed by atoms with van der Waals surface area (Å²) in [6.45, 7) is 4.46. The zero-order valence-corrected chi connectivity index (χ0v) is 12.5. The van der Waals surface area contributed by atoms with Crippen LogP contribution in [0.15, 0.2) is 41.1 Å². The third kappa shape index (κ3) is 3.20. The van der Waals surface area contributed by atoms with Crippen LogP contribution in [-0.2, 0) is 6.54 Å². The Morgan fingerprint density at radius 1 is 1.26 bits per heavy atom. The summed E-state index contributed by atoms with van der Waals surface area (Å²) < 4.78 is 0.846. The minimum absolute atomic E-state index is 0.0770. The summed E-state index contributed by atoms with van der Waals surface area (Å²) in [4.78, 5) is 16.2. The van der Waals surface area contributed by atoms with E-state index < -0.39 is 0 Å². The van der Waals surface area contributed by atoms with Crippen LogP contribution in [0.25, 0.3) is 0 Å². The highest BCUT2D eigenvalue weighted by molar-refractivity contribution is 9.10. The van der Waals surface area contributed by atoms with Crippen molar-refractivity contribution in [1.29, 1.82) is 0 Å². The van der Waals surface area contributed by atoms with Gasteiger partial charge in [-0.3, -0.25) is 9.78 Å². The number of halogens is 1. The average molecular weight is 319 g/mol. The second kappa shape index (κ2) is 5.97. The fourth-order valence-electron chi connectivity index (χ4n) is 1.79. The summed E-state index contributed by atoms with van der Waals surface area (Å²) in [6.07, 6.45) is 3.53. The fourth-order valence-corrected chi connectivity index (χ4v) is 2.24. The van der Waals surface area contributed by atoms with Crippen molar-refractivity contribution in [2.45, 2.75) is 20.4 Å². The van der Waals surface area contributed by atoms with Gasteiger partial charge in [0.1, 0.15) is 0 Å². The maximum absolute atomic E-state index is 12.1. The molecular weight excluding hydrogens is 304 g/mol. The number of aryl methyl sites for hydroxylation is 2. The van der Waals surface area contributed by atoms with Gasteiger partial charge in [0.15, 0.2) is 0 Å². The molecular formula is C15H15BrN2O. The molecule has 0 aliphatic heterocycles. The van der Waals surface area contributed by atoms with E-state index in [1.54, 1.807) is 12.4 Å². The van der Waals surface area contributed by atoms with E-state index in [0.717, 1.165) is 21.2 Å². The average Bonchev–Trinajstić information content (AvgIpc) is 2.40. The van der Waals surface area contributed by atoms with Crippen LogP contribution in [0.5, 0.6) is 0 Å². The van der Waals surface area contributed by atoms with Gasteiger partial charge in [-0.2, -0.15) is 0 Å². The summed E-state index contributed by atoms with van der Waals surface area (Å²) in [7, 11) is 0. The predicted octanol–water partition coefficient (Wildman–Crippen LogP) is 3.39. The fraction of sp³-hybridized carbons (Fsp3) is 0.200. The number of carbonyl (C=O) groups is 1. The topological polar surface area (TPSA) is 42.0 Å². The SMILES string of the molecule is Cc1cnccc1CNC(=O)c1cccc(C)c1Br. The Bertz CT molecular complexity index is 611. The molecule has 0 bridgehead atoms. The molecule has 2 rings (SSSR count). The van der Waals surface area contributed by atoms with Crippen LogP contribution < -0.4 is 5.32 Å². The molecule has 0 aliphatic carbocycles. The number of nitrogens with one attached hydrogen (secondary N) is 1. The number of pyridine rings is 1. The Morgan fingerprint density at radius 2 is 2.05 bits per heavy atom. The van der Waals surface area contributed by atoms with Crippen molar-refractivity contribution in [2.75, 3.05) is 0 Å². The van der Waals surface area contributed by atoms with E-state index in [1.807, 2.05) is 38.1 Å². The lowest BCUT2D eigenvalue weighted by atomic mass is 10.1. The standard InChI is InChI=1S/C15H15BrN2O/c1-10-4-3-5-13(14(10)16)15(19)18-9-12-6-7-17-8-11(12)2/h3-8H,9H2,1-2H3,(H,18,19). The summed E-state index contributed by atoms with van der Waals surface area (Å²) in [5.74, 6) is -0.0770. The number of hydrogen-bond acceptors (Lipinski definition) is 2. The zero-order valence-electron chi connectivity index (χ0n) is 10.9. The Hall–Kier alpha value is -1.68. The maximum Gasteiger partial charge on any atom is 0.252 e. The number of benzene rings is 1. The Labute approximate surface area is 121 Å². The molecule has 0 radical (unpaired) electrons. The molecule has 1 heterocycles. The second-order valence-corrected chi connectivity index (χ2v) is 5.21. The number of aromatic nitrogens is 1. The highest BCUT2D eigenvalue weighted by Crippen LogP contribution is 2.21. The highest BCUT2D eigenvalue weighted by atomic mass is 79.9. The van der Waals surface area contributed by atoms with Gasteiger partial charge in [0.05, 0.1) is 5.56 Å². The number of nitrogens with zero attached hydrogens (tertiary/aromatic N) is 1. The van der Waals surface area contributed by atoms with Crippen molar-refractivity contribution in [1.82, 2.24) is 10.3 Å². The van der Waals surface area contributed by atoms with Gasteiger partial charge >= 0.3 is 0 Å². The molecule has 1 amide bonds.